The number of nitrogens with one attached hydrogen (secondary N) is 1. The van der Waals surface area contributed by atoms with E-state index in [1.807, 2.05) is 0 Å². The zero-order valence-electron chi connectivity index (χ0n) is 10.3. The van der Waals surface area contributed by atoms with Crippen LogP contribution in [-0.4, -0.2) is 36.6 Å². The fourth-order valence-corrected chi connectivity index (χ4v) is 2.26. The molecule has 2 nitrogen and oxygen atoms in total. The van der Waals surface area contributed by atoms with Crippen LogP contribution in [0, 0.1) is 18.3 Å². The van der Waals surface area contributed by atoms with Crippen molar-refractivity contribution in [2.45, 2.75) is 45.7 Å². The molecule has 0 radical (unpaired) electrons. The van der Waals surface area contributed by atoms with Crippen molar-refractivity contribution < 1.29 is 0 Å². The summed E-state index contributed by atoms with van der Waals surface area (Å²) in [6.07, 6.45) is 7.84. The van der Waals surface area contributed by atoms with Crippen LogP contribution in [0.4, 0.5) is 0 Å². The van der Waals surface area contributed by atoms with Gasteiger partial charge in [-0.25, -0.2) is 0 Å². The first-order valence-electron chi connectivity index (χ1n) is 6.13. The SMILES string of the molecule is C#CCN1CC(C(C)CC)NCC1CC. The number of piperazine rings is 1. The van der Waals surface area contributed by atoms with Gasteiger partial charge in [0, 0.05) is 25.2 Å². The topological polar surface area (TPSA) is 15.3 Å². The smallest absolute Gasteiger partial charge is 0.0602 e. The molecule has 3 atom stereocenters. The Hall–Kier alpha value is -0.520. The van der Waals surface area contributed by atoms with E-state index < -0.39 is 0 Å². The molecular formula is C13H24N2. The van der Waals surface area contributed by atoms with Crippen molar-refractivity contribution in [2.75, 3.05) is 19.6 Å². The molecule has 0 spiro atoms. The summed E-state index contributed by atoms with van der Waals surface area (Å²) in [5.41, 5.74) is 0. The maximum atomic E-state index is 5.42. The molecule has 15 heavy (non-hydrogen) atoms. The number of rotatable bonds is 4. The van der Waals surface area contributed by atoms with Crippen LogP contribution in [0.2, 0.25) is 0 Å². The Kier molecular flexibility index (Phi) is 5.14. The van der Waals surface area contributed by atoms with E-state index in [-0.39, 0.29) is 0 Å². The van der Waals surface area contributed by atoms with Crippen molar-refractivity contribution in [3.05, 3.63) is 0 Å². The molecule has 1 fully saturated rings. The summed E-state index contributed by atoms with van der Waals surface area (Å²) in [4.78, 5) is 2.45. The molecule has 1 heterocycles. The van der Waals surface area contributed by atoms with Crippen LogP contribution in [0.5, 0.6) is 0 Å². The third kappa shape index (κ3) is 3.22. The van der Waals surface area contributed by atoms with Crippen LogP contribution in [0.15, 0.2) is 0 Å². The molecule has 0 bridgehead atoms. The van der Waals surface area contributed by atoms with Crippen LogP contribution in [0.25, 0.3) is 0 Å². The zero-order chi connectivity index (χ0) is 11.3. The lowest BCUT2D eigenvalue weighted by atomic mass is 9.95. The minimum absolute atomic E-state index is 0.617. The largest absolute Gasteiger partial charge is 0.311 e. The van der Waals surface area contributed by atoms with Crippen LogP contribution < -0.4 is 5.32 Å². The monoisotopic (exact) mass is 208 g/mol. The average molecular weight is 208 g/mol. The van der Waals surface area contributed by atoms with Gasteiger partial charge in [0.1, 0.15) is 0 Å². The van der Waals surface area contributed by atoms with E-state index in [1.54, 1.807) is 0 Å². The standard InChI is InChI=1S/C13H24N2/c1-5-8-15-10-13(11(4)6-2)14-9-12(15)7-3/h1,11-14H,6-10H2,2-4H3. The minimum atomic E-state index is 0.617. The van der Waals surface area contributed by atoms with E-state index in [0.717, 1.165) is 25.6 Å². The zero-order valence-corrected chi connectivity index (χ0v) is 10.3. The summed E-state index contributed by atoms with van der Waals surface area (Å²) in [5, 5.41) is 3.65. The van der Waals surface area contributed by atoms with Gasteiger partial charge >= 0.3 is 0 Å². The Balaban J connectivity index is 2.54. The van der Waals surface area contributed by atoms with E-state index in [9.17, 15) is 0 Å². The number of hydrogen-bond donors (Lipinski definition) is 1. The van der Waals surface area contributed by atoms with Gasteiger partial charge in [0.15, 0.2) is 0 Å². The van der Waals surface area contributed by atoms with Gasteiger partial charge in [-0.2, -0.15) is 0 Å². The van der Waals surface area contributed by atoms with Crippen molar-refractivity contribution in [3.8, 4) is 12.3 Å². The molecule has 0 aromatic heterocycles. The molecule has 0 aromatic rings. The summed E-state index contributed by atoms with van der Waals surface area (Å²) in [6, 6.07) is 1.24. The van der Waals surface area contributed by atoms with E-state index in [1.165, 1.54) is 12.8 Å². The third-order valence-electron chi connectivity index (χ3n) is 3.66. The summed E-state index contributed by atoms with van der Waals surface area (Å²) in [7, 11) is 0. The Morgan fingerprint density at radius 3 is 2.80 bits per heavy atom. The lowest BCUT2D eigenvalue weighted by molar-refractivity contribution is 0.121. The maximum Gasteiger partial charge on any atom is 0.0602 e. The maximum absolute atomic E-state index is 5.42. The van der Waals surface area contributed by atoms with Gasteiger partial charge in [0.05, 0.1) is 6.54 Å². The predicted octanol–water partition coefficient (Wildman–Crippen LogP) is 1.72. The van der Waals surface area contributed by atoms with E-state index >= 15 is 0 Å². The first-order chi connectivity index (χ1) is 7.22. The van der Waals surface area contributed by atoms with E-state index in [4.69, 9.17) is 6.42 Å². The molecule has 0 saturated carbocycles. The minimum Gasteiger partial charge on any atom is -0.311 e. The van der Waals surface area contributed by atoms with E-state index in [2.05, 4.69) is 36.9 Å². The molecule has 2 heteroatoms. The second kappa shape index (κ2) is 6.15. The molecule has 0 aliphatic carbocycles. The number of terminal acetylenes is 1. The Bertz CT molecular complexity index is 219. The highest BCUT2D eigenvalue weighted by molar-refractivity contribution is 4.95. The fourth-order valence-electron chi connectivity index (χ4n) is 2.26. The quantitative estimate of drug-likeness (QED) is 0.708. The van der Waals surface area contributed by atoms with E-state index in [0.29, 0.717) is 12.1 Å². The molecule has 1 aliphatic rings. The molecule has 1 N–H and O–H groups in total. The van der Waals surface area contributed by atoms with Gasteiger partial charge in [-0.1, -0.05) is 33.1 Å². The highest BCUT2D eigenvalue weighted by Crippen LogP contribution is 2.16. The van der Waals surface area contributed by atoms with Gasteiger partial charge in [-0.05, 0) is 12.3 Å². The van der Waals surface area contributed by atoms with Crippen molar-refractivity contribution in [1.82, 2.24) is 10.2 Å². The van der Waals surface area contributed by atoms with Crippen molar-refractivity contribution in [3.63, 3.8) is 0 Å². The molecule has 1 aliphatic heterocycles. The molecule has 0 amide bonds. The second-order valence-electron chi connectivity index (χ2n) is 4.60. The van der Waals surface area contributed by atoms with Gasteiger partial charge in [0.25, 0.3) is 0 Å². The Morgan fingerprint density at radius 1 is 1.53 bits per heavy atom. The van der Waals surface area contributed by atoms with Crippen LogP contribution in [-0.2, 0) is 0 Å². The van der Waals surface area contributed by atoms with Crippen LogP contribution in [0.1, 0.15) is 33.6 Å². The average Bonchev–Trinajstić information content (AvgIpc) is 2.28. The fraction of sp³-hybridized carbons (Fsp3) is 0.846. The van der Waals surface area contributed by atoms with Gasteiger partial charge < -0.3 is 5.32 Å². The van der Waals surface area contributed by atoms with Gasteiger partial charge in [0.2, 0.25) is 0 Å². The van der Waals surface area contributed by atoms with Gasteiger partial charge in [-0.3, -0.25) is 4.90 Å². The Labute approximate surface area is 94.4 Å². The summed E-state index contributed by atoms with van der Waals surface area (Å²) in [5.74, 6) is 3.52. The summed E-state index contributed by atoms with van der Waals surface area (Å²) >= 11 is 0. The normalized spacial score (nSPS) is 29.7. The first kappa shape index (κ1) is 12.5. The molecular weight excluding hydrogens is 184 g/mol. The van der Waals surface area contributed by atoms with Crippen LogP contribution in [0.3, 0.4) is 0 Å². The first-order valence-corrected chi connectivity index (χ1v) is 6.13. The highest BCUT2D eigenvalue weighted by Gasteiger charge is 2.28. The number of nitrogens with zero attached hydrogens (tertiary/aromatic N) is 1. The van der Waals surface area contributed by atoms with Crippen molar-refractivity contribution in [2.24, 2.45) is 5.92 Å². The third-order valence-corrected chi connectivity index (χ3v) is 3.66. The number of hydrogen-bond acceptors (Lipinski definition) is 2. The predicted molar refractivity (Wildman–Crippen MR) is 65.7 cm³/mol. The molecule has 1 saturated heterocycles. The van der Waals surface area contributed by atoms with Gasteiger partial charge in [-0.15, -0.1) is 6.42 Å². The van der Waals surface area contributed by atoms with Crippen molar-refractivity contribution in [1.29, 1.82) is 0 Å². The molecule has 3 unspecified atom stereocenters. The molecule has 0 aromatic carbocycles. The van der Waals surface area contributed by atoms with Crippen molar-refractivity contribution >= 4 is 0 Å². The molecule has 1 rings (SSSR count). The summed E-state index contributed by atoms with van der Waals surface area (Å²) in [6.45, 7) is 9.80. The highest BCUT2D eigenvalue weighted by atomic mass is 15.2. The molecule has 86 valence electrons. The lowest BCUT2D eigenvalue weighted by Crippen LogP contribution is -2.58. The Morgan fingerprint density at radius 2 is 2.27 bits per heavy atom. The van der Waals surface area contributed by atoms with Crippen LogP contribution >= 0.6 is 0 Å². The lowest BCUT2D eigenvalue weighted by Gasteiger charge is -2.41. The second-order valence-corrected chi connectivity index (χ2v) is 4.60. The summed E-state index contributed by atoms with van der Waals surface area (Å²) < 4.78 is 0.